The number of nitrogens with zero attached hydrogens (tertiary/aromatic N) is 3. The van der Waals surface area contributed by atoms with E-state index in [1.54, 1.807) is 12.1 Å². The molecule has 1 atom stereocenters. The lowest BCUT2D eigenvalue weighted by Gasteiger charge is -2.13. The van der Waals surface area contributed by atoms with Gasteiger partial charge in [0.15, 0.2) is 0 Å². The number of aromatic nitrogens is 3. The van der Waals surface area contributed by atoms with Crippen molar-refractivity contribution in [1.82, 2.24) is 14.8 Å². The number of aliphatic hydroxyl groups is 1. The maximum atomic E-state index is 10.2. The maximum absolute atomic E-state index is 10.2. The van der Waals surface area contributed by atoms with Crippen LogP contribution in [0.2, 0.25) is 0 Å². The molecule has 0 amide bonds. The fourth-order valence-electron chi connectivity index (χ4n) is 1.91. The van der Waals surface area contributed by atoms with Gasteiger partial charge in [-0.1, -0.05) is 12.1 Å². The van der Waals surface area contributed by atoms with Crippen molar-refractivity contribution in [2.24, 2.45) is 0 Å². The van der Waals surface area contributed by atoms with Crippen molar-refractivity contribution >= 4 is 5.69 Å². The zero-order valence-electron chi connectivity index (χ0n) is 10.6. The quantitative estimate of drug-likeness (QED) is 0.805. The second-order valence-electron chi connectivity index (χ2n) is 4.60. The van der Waals surface area contributed by atoms with Crippen LogP contribution in [0.25, 0.3) is 0 Å². The lowest BCUT2D eigenvalue weighted by atomic mass is 10.1. The molecule has 1 heterocycles. The molecule has 5 heteroatoms. The summed E-state index contributed by atoms with van der Waals surface area (Å²) in [6, 6.07) is 7.50. The molecule has 1 aromatic carbocycles. The van der Waals surface area contributed by atoms with Gasteiger partial charge in [-0.15, -0.1) is 0 Å². The lowest BCUT2D eigenvalue weighted by molar-refractivity contribution is 0.173. The van der Waals surface area contributed by atoms with Crippen LogP contribution in [0.3, 0.4) is 0 Å². The summed E-state index contributed by atoms with van der Waals surface area (Å²) in [5, 5.41) is 14.3. The Bertz CT molecular complexity index is 521. The average Bonchev–Trinajstić information content (AvgIpc) is 2.77. The normalized spacial score (nSPS) is 12.9. The fraction of sp³-hybridized carbons (Fsp3) is 0.385. The Kier molecular flexibility index (Phi) is 3.62. The lowest BCUT2D eigenvalue weighted by Crippen LogP contribution is -2.12. The minimum absolute atomic E-state index is 0.232. The van der Waals surface area contributed by atoms with Gasteiger partial charge in [0.1, 0.15) is 12.2 Å². The Labute approximate surface area is 106 Å². The molecule has 0 radical (unpaired) electrons. The molecule has 0 bridgehead atoms. The van der Waals surface area contributed by atoms with Gasteiger partial charge < -0.3 is 10.8 Å². The van der Waals surface area contributed by atoms with Gasteiger partial charge in [0.2, 0.25) is 0 Å². The predicted octanol–water partition coefficient (Wildman–Crippen LogP) is 1.72. The number of hydrogen-bond donors (Lipinski definition) is 2. The molecule has 1 aromatic heterocycles. The van der Waals surface area contributed by atoms with Gasteiger partial charge in [0.25, 0.3) is 0 Å². The van der Waals surface area contributed by atoms with Gasteiger partial charge in [0, 0.05) is 18.2 Å². The highest BCUT2D eigenvalue weighted by Crippen LogP contribution is 2.20. The zero-order valence-corrected chi connectivity index (χ0v) is 10.6. The summed E-state index contributed by atoms with van der Waals surface area (Å²) in [6.45, 7) is 4.07. The molecule has 0 aliphatic carbocycles. The number of rotatable bonds is 4. The van der Waals surface area contributed by atoms with Crippen LogP contribution >= 0.6 is 0 Å². The van der Waals surface area contributed by atoms with Crippen molar-refractivity contribution in [1.29, 1.82) is 0 Å². The Morgan fingerprint density at radius 3 is 2.83 bits per heavy atom. The van der Waals surface area contributed by atoms with Crippen LogP contribution < -0.4 is 5.73 Å². The van der Waals surface area contributed by atoms with Gasteiger partial charge in [-0.05, 0) is 31.5 Å². The monoisotopic (exact) mass is 246 g/mol. The zero-order chi connectivity index (χ0) is 13.1. The van der Waals surface area contributed by atoms with Crippen LogP contribution in [-0.2, 0) is 6.42 Å². The van der Waals surface area contributed by atoms with Crippen LogP contribution in [0.15, 0.2) is 30.6 Å². The van der Waals surface area contributed by atoms with E-state index in [0.29, 0.717) is 12.1 Å². The van der Waals surface area contributed by atoms with Crippen LogP contribution in [0, 0.1) is 0 Å². The second-order valence-corrected chi connectivity index (χ2v) is 4.60. The third-order valence-electron chi connectivity index (χ3n) is 2.81. The number of nitrogen functional groups attached to an aromatic ring is 1. The first-order chi connectivity index (χ1) is 8.58. The number of anilines is 1. The second kappa shape index (κ2) is 5.18. The number of benzene rings is 1. The molecular weight excluding hydrogens is 228 g/mol. The van der Waals surface area contributed by atoms with Crippen LogP contribution in [0.1, 0.15) is 37.4 Å². The van der Waals surface area contributed by atoms with E-state index >= 15 is 0 Å². The highest BCUT2D eigenvalue weighted by molar-refractivity contribution is 5.41. The van der Waals surface area contributed by atoms with Gasteiger partial charge in [-0.3, -0.25) is 0 Å². The molecule has 0 spiro atoms. The maximum Gasteiger partial charge on any atom is 0.138 e. The first kappa shape index (κ1) is 12.6. The summed E-state index contributed by atoms with van der Waals surface area (Å²) in [4.78, 5) is 4.19. The Balaban J connectivity index is 2.16. The van der Waals surface area contributed by atoms with E-state index in [2.05, 4.69) is 10.1 Å². The fourth-order valence-corrected chi connectivity index (χ4v) is 1.91. The van der Waals surface area contributed by atoms with E-state index < -0.39 is 6.10 Å². The molecule has 0 saturated heterocycles. The molecule has 18 heavy (non-hydrogen) atoms. The number of nitrogens with two attached hydrogens (primary N) is 1. The van der Waals surface area contributed by atoms with Crippen molar-refractivity contribution in [3.63, 3.8) is 0 Å². The standard InChI is InChI=1S/C13H18N4O/c1-9(2)17-13(15-8-16-17)7-12(18)10-4-3-5-11(14)6-10/h3-6,8-9,12,18H,7,14H2,1-2H3. The van der Waals surface area contributed by atoms with Gasteiger partial charge in [0.05, 0.1) is 6.10 Å². The minimum atomic E-state index is -0.616. The van der Waals surface area contributed by atoms with E-state index in [-0.39, 0.29) is 6.04 Å². The summed E-state index contributed by atoms with van der Waals surface area (Å²) < 4.78 is 1.81. The molecule has 2 aromatic rings. The van der Waals surface area contributed by atoms with Crippen LogP contribution in [0.4, 0.5) is 5.69 Å². The first-order valence-corrected chi connectivity index (χ1v) is 6.00. The van der Waals surface area contributed by atoms with Crippen LogP contribution in [-0.4, -0.2) is 19.9 Å². The van der Waals surface area contributed by atoms with E-state index in [1.807, 2.05) is 30.7 Å². The van der Waals surface area contributed by atoms with Crippen LogP contribution in [0.5, 0.6) is 0 Å². The van der Waals surface area contributed by atoms with Crippen molar-refractivity contribution in [3.05, 3.63) is 42.0 Å². The summed E-state index contributed by atoms with van der Waals surface area (Å²) in [5.41, 5.74) is 7.15. The molecule has 3 N–H and O–H groups in total. The average molecular weight is 246 g/mol. The third kappa shape index (κ3) is 2.68. The van der Waals surface area contributed by atoms with Crippen molar-refractivity contribution in [2.45, 2.75) is 32.4 Å². The highest BCUT2D eigenvalue weighted by atomic mass is 16.3. The molecule has 96 valence electrons. The van der Waals surface area contributed by atoms with E-state index in [0.717, 1.165) is 11.4 Å². The Morgan fingerprint density at radius 2 is 2.17 bits per heavy atom. The number of hydrogen-bond acceptors (Lipinski definition) is 4. The molecule has 1 unspecified atom stereocenters. The molecule has 0 saturated carbocycles. The van der Waals surface area contributed by atoms with Crippen molar-refractivity contribution < 1.29 is 5.11 Å². The van der Waals surface area contributed by atoms with Crippen molar-refractivity contribution in [2.75, 3.05) is 5.73 Å². The van der Waals surface area contributed by atoms with E-state index in [4.69, 9.17) is 5.73 Å². The smallest absolute Gasteiger partial charge is 0.138 e. The van der Waals surface area contributed by atoms with Crippen molar-refractivity contribution in [3.8, 4) is 0 Å². The Morgan fingerprint density at radius 1 is 1.39 bits per heavy atom. The van der Waals surface area contributed by atoms with Gasteiger partial charge >= 0.3 is 0 Å². The summed E-state index contributed by atoms with van der Waals surface area (Å²) >= 11 is 0. The molecule has 0 aliphatic heterocycles. The third-order valence-corrected chi connectivity index (χ3v) is 2.81. The topological polar surface area (TPSA) is 77.0 Å². The minimum Gasteiger partial charge on any atom is -0.399 e. The highest BCUT2D eigenvalue weighted by Gasteiger charge is 2.14. The molecular formula is C13H18N4O. The van der Waals surface area contributed by atoms with E-state index in [1.165, 1.54) is 6.33 Å². The Hall–Kier alpha value is -1.88. The molecule has 2 rings (SSSR count). The van der Waals surface area contributed by atoms with E-state index in [9.17, 15) is 5.11 Å². The summed E-state index contributed by atoms with van der Waals surface area (Å²) in [5.74, 6) is 0.778. The summed E-state index contributed by atoms with van der Waals surface area (Å²) in [6.07, 6.45) is 1.33. The van der Waals surface area contributed by atoms with Gasteiger partial charge in [-0.25, -0.2) is 9.67 Å². The first-order valence-electron chi connectivity index (χ1n) is 6.00. The number of aliphatic hydroxyl groups excluding tert-OH is 1. The van der Waals surface area contributed by atoms with Gasteiger partial charge in [-0.2, -0.15) is 5.10 Å². The molecule has 0 aliphatic rings. The SMILES string of the molecule is CC(C)n1ncnc1CC(O)c1cccc(N)c1. The largest absolute Gasteiger partial charge is 0.399 e. The molecule has 0 fully saturated rings. The summed E-state index contributed by atoms with van der Waals surface area (Å²) in [7, 11) is 0. The predicted molar refractivity (Wildman–Crippen MR) is 69.9 cm³/mol. The molecule has 5 nitrogen and oxygen atoms in total.